The molecule has 1 amide bonds. The highest BCUT2D eigenvalue weighted by molar-refractivity contribution is 9.10. The smallest absolute Gasteiger partial charge is 0.409 e. The van der Waals surface area contributed by atoms with Gasteiger partial charge in [0.15, 0.2) is 0 Å². The monoisotopic (exact) mass is 527 g/mol. The van der Waals surface area contributed by atoms with E-state index in [0.717, 1.165) is 15.6 Å². The molecule has 178 valence electrons. The molecule has 0 aliphatic rings. The van der Waals surface area contributed by atoms with Gasteiger partial charge < -0.3 is 14.8 Å². The Morgan fingerprint density at radius 2 is 1.71 bits per heavy atom. The Labute approximate surface area is 206 Å². The molecule has 3 rings (SSSR count). The van der Waals surface area contributed by atoms with E-state index in [0.29, 0.717) is 18.7 Å². The number of ether oxygens (including phenoxy) is 2. The molecule has 3 aromatic rings. The van der Waals surface area contributed by atoms with Crippen molar-refractivity contribution in [3.63, 3.8) is 0 Å². The zero-order valence-corrected chi connectivity index (χ0v) is 20.2. The highest BCUT2D eigenvalue weighted by Crippen LogP contribution is 2.27. The lowest BCUT2D eigenvalue weighted by atomic mass is 10.0. The van der Waals surface area contributed by atoms with Crippen molar-refractivity contribution in [1.29, 1.82) is 0 Å². The average Bonchev–Trinajstić information content (AvgIpc) is 2.84. The van der Waals surface area contributed by atoms with Gasteiger partial charge in [0.1, 0.15) is 12.8 Å². The van der Waals surface area contributed by atoms with Crippen molar-refractivity contribution < 1.29 is 19.2 Å². The third-order valence-electron chi connectivity index (χ3n) is 5.00. The Bertz CT molecular complexity index is 1060. The second-order valence-corrected chi connectivity index (χ2v) is 8.35. The lowest BCUT2D eigenvalue weighted by Crippen LogP contribution is -2.39. The number of rotatable bonds is 11. The summed E-state index contributed by atoms with van der Waals surface area (Å²) in [4.78, 5) is 22.9. The number of carbonyl (C=O) groups is 1. The van der Waals surface area contributed by atoms with E-state index in [-0.39, 0.29) is 18.3 Å². The van der Waals surface area contributed by atoms with Crippen molar-refractivity contribution in [3.8, 4) is 0 Å². The molecule has 3 aromatic carbocycles. The fraction of sp³-hybridized carbons (Fsp3) is 0.240. The molecule has 0 saturated heterocycles. The molecule has 8 nitrogen and oxygen atoms in total. The first-order valence-electron chi connectivity index (χ1n) is 10.8. The predicted molar refractivity (Wildman–Crippen MR) is 133 cm³/mol. The van der Waals surface area contributed by atoms with Crippen LogP contribution in [0.4, 0.5) is 16.2 Å². The summed E-state index contributed by atoms with van der Waals surface area (Å²) in [5, 5.41) is 17.1. The number of non-ortho nitro benzene ring substituents is 1. The van der Waals surface area contributed by atoms with Crippen LogP contribution >= 0.6 is 15.9 Å². The van der Waals surface area contributed by atoms with Gasteiger partial charge in [-0.3, -0.25) is 15.4 Å². The third-order valence-corrected chi connectivity index (χ3v) is 5.53. The van der Waals surface area contributed by atoms with Crippen molar-refractivity contribution in [2.24, 2.45) is 0 Å². The molecule has 0 spiro atoms. The minimum absolute atomic E-state index is 0.0146. The summed E-state index contributed by atoms with van der Waals surface area (Å²) in [6, 6.07) is 23.1. The number of amides is 1. The first-order chi connectivity index (χ1) is 16.4. The van der Waals surface area contributed by atoms with E-state index >= 15 is 0 Å². The topological polar surface area (TPSA) is 103 Å². The second kappa shape index (κ2) is 12.7. The van der Waals surface area contributed by atoms with Crippen LogP contribution in [0.25, 0.3) is 0 Å². The fourth-order valence-electron chi connectivity index (χ4n) is 3.33. The average molecular weight is 528 g/mol. The maximum absolute atomic E-state index is 12.4. The number of alkyl carbamates (subject to hydrolysis) is 1. The predicted octanol–water partition coefficient (Wildman–Crippen LogP) is 6.19. The molecule has 0 aromatic heterocycles. The molecule has 9 heteroatoms. The van der Waals surface area contributed by atoms with Gasteiger partial charge in [0, 0.05) is 35.3 Å². The van der Waals surface area contributed by atoms with Crippen LogP contribution in [0.2, 0.25) is 0 Å². The molecule has 34 heavy (non-hydrogen) atoms. The summed E-state index contributed by atoms with van der Waals surface area (Å²) >= 11 is 3.45. The van der Waals surface area contributed by atoms with Crippen LogP contribution in [0.3, 0.4) is 0 Å². The number of nitro groups is 1. The number of anilines is 1. The van der Waals surface area contributed by atoms with Crippen LogP contribution in [0, 0.1) is 10.1 Å². The standard InChI is InChI=1S/C25H26BrN3O5/c1-2-33-24(28-25(30)34-17-18-6-4-3-5-7-18)16-23(19-8-10-20(26)11-9-19)27-21-12-14-22(15-13-21)29(31)32/h3-15,23-24,27H,2,16-17H2,1H3,(H,28,30)/t23-,24?/m0/s1. The summed E-state index contributed by atoms with van der Waals surface area (Å²) in [5.74, 6) is 0. The fourth-order valence-corrected chi connectivity index (χ4v) is 3.60. The van der Waals surface area contributed by atoms with Gasteiger partial charge in [-0.2, -0.15) is 0 Å². The molecule has 0 aliphatic heterocycles. The number of nitrogens with one attached hydrogen (secondary N) is 2. The van der Waals surface area contributed by atoms with Crippen LogP contribution in [0.5, 0.6) is 0 Å². The molecule has 0 radical (unpaired) electrons. The number of nitrogens with zero attached hydrogens (tertiary/aromatic N) is 1. The number of halogens is 1. The Morgan fingerprint density at radius 1 is 1.03 bits per heavy atom. The van der Waals surface area contributed by atoms with Gasteiger partial charge in [0.05, 0.1) is 11.0 Å². The summed E-state index contributed by atoms with van der Waals surface area (Å²) in [7, 11) is 0. The summed E-state index contributed by atoms with van der Waals surface area (Å²) < 4.78 is 12.1. The van der Waals surface area contributed by atoms with E-state index in [2.05, 4.69) is 26.6 Å². The highest BCUT2D eigenvalue weighted by atomic mass is 79.9. The molecule has 0 saturated carbocycles. The van der Waals surface area contributed by atoms with Gasteiger partial charge >= 0.3 is 6.09 Å². The number of nitro benzene ring substituents is 1. The number of hydrogen-bond acceptors (Lipinski definition) is 6. The minimum Gasteiger partial charge on any atom is -0.445 e. The quantitative estimate of drug-likeness (QED) is 0.175. The third kappa shape index (κ3) is 7.86. The Kier molecular flexibility index (Phi) is 9.42. The van der Waals surface area contributed by atoms with E-state index < -0.39 is 17.2 Å². The van der Waals surface area contributed by atoms with Crippen LogP contribution in [-0.2, 0) is 16.1 Å². The molecule has 0 aliphatic carbocycles. The van der Waals surface area contributed by atoms with Gasteiger partial charge in [0.2, 0.25) is 0 Å². The van der Waals surface area contributed by atoms with E-state index in [1.165, 1.54) is 12.1 Å². The largest absolute Gasteiger partial charge is 0.445 e. The van der Waals surface area contributed by atoms with Crippen LogP contribution in [0.15, 0.2) is 83.3 Å². The zero-order valence-electron chi connectivity index (χ0n) is 18.6. The maximum Gasteiger partial charge on any atom is 0.409 e. The second-order valence-electron chi connectivity index (χ2n) is 7.44. The molecular weight excluding hydrogens is 502 g/mol. The molecular formula is C25H26BrN3O5. The van der Waals surface area contributed by atoms with Crippen molar-refractivity contribution >= 4 is 33.4 Å². The molecule has 0 heterocycles. The minimum atomic E-state index is -0.618. The first kappa shape index (κ1) is 25.2. The van der Waals surface area contributed by atoms with Crippen molar-refractivity contribution in [2.45, 2.75) is 32.2 Å². The van der Waals surface area contributed by atoms with Gasteiger partial charge in [0.25, 0.3) is 5.69 Å². The Hall–Kier alpha value is -3.43. The molecule has 2 N–H and O–H groups in total. The summed E-state index contributed by atoms with van der Waals surface area (Å²) in [5.41, 5.74) is 2.57. The maximum atomic E-state index is 12.4. The SMILES string of the molecule is CCOC(C[C@H](Nc1ccc([N+](=O)[O-])cc1)c1ccc(Br)cc1)NC(=O)OCc1ccccc1. The van der Waals surface area contributed by atoms with Gasteiger partial charge in [-0.25, -0.2) is 4.79 Å². The number of carbonyl (C=O) groups excluding carboxylic acids is 1. The summed E-state index contributed by atoms with van der Waals surface area (Å²) in [6.45, 7) is 2.40. The molecule has 2 atom stereocenters. The Morgan fingerprint density at radius 3 is 2.32 bits per heavy atom. The van der Waals surface area contributed by atoms with Crippen LogP contribution in [-0.4, -0.2) is 23.9 Å². The lowest BCUT2D eigenvalue weighted by molar-refractivity contribution is -0.384. The lowest BCUT2D eigenvalue weighted by Gasteiger charge is -2.26. The van der Waals surface area contributed by atoms with E-state index in [9.17, 15) is 14.9 Å². The van der Waals surface area contributed by atoms with Gasteiger partial charge in [-0.1, -0.05) is 58.4 Å². The van der Waals surface area contributed by atoms with Crippen molar-refractivity contribution in [1.82, 2.24) is 5.32 Å². The number of benzene rings is 3. The molecule has 1 unspecified atom stereocenters. The van der Waals surface area contributed by atoms with Gasteiger partial charge in [-0.15, -0.1) is 0 Å². The summed E-state index contributed by atoms with van der Waals surface area (Å²) in [6.07, 6.45) is -0.799. The van der Waals surface area contributed by atoms with Crippen LogP contribution in [0.1, 0.15) is 30.5 Å². The number of hydrogen-bond donors (Lipinski definition) is 2. The highest BCUT2D eigenvalue weighted by Gasteiger charge is 2.21. The van der Waals surface area contributed by atoms with Crippen molar-refractivity contribution in [2.75, 3.05) is 11.9 Å². The normalized spacial score (nSPS) is 12.4. The molecule has 0 fully saturated rings. The molecule has 0 bridgehead atoms. The van der Waals surface area contributed by atoms with E-state index in [1.54, 1.807) is 12.1 Å². The first-order valence-corrected chi connectivity index (χ1v) is 11.6. The van der Waals surface area contributed by atoms with E-state index in [1.807, 2.05) is 61.5 Å². The van der Waals surface area contributed by atoms with Gasteiger partial charge in [-0.05, 0) is 42.3 Å². The van der Waals surface area contributed by atoms with Crippen LogP contribution < -0.4 is 10.6 Å². The van der Waals surface area contributed by atoms with Crippen molar-refractivity contribution in [3.05, 3.63) is 105 Å². The van der Waals surface area contributed by atoms with E-state index in [4.69, 9.17) is 9.47 Å². The zero-order chi connectivity index (χ0) is 24.3. The Balaban J connectivity index is 1.71.